The Balaban J connectivity index is 2.24. The topological polar surface area (TPSA) is 35.8 Å². The zero-order chi connectivity index (χ0) is 14.8. The number of halogens is 3. The fourth-order valence-corrected chi connectivity index (χ4v) is 2.90. The van der Waals surface area contributed by atoms with E-state index in [4.69, 9.17) is 5.26 Å². The first-order valence-electron chi connectivity index (χ1n) is 6.83. The van der Waals surface area contributed by atoms with Crippen LogP contribution < -0.4 is 5.32 Å². The molecule has 0 bridgehead atoms. The van der Waals surface area contributed by atoms with Gasteiger partial charge in [-0.3, -0.25) is 0 Å². The predicted molar refractivity (Wildman–Crippen MR) is 71.2 cm³/mol. The maximum Gasteiger partial charge on any atom is 0.417 e. The third-order valence-electron chi connectivity index (χ3n) is 3.98. The quantitative estimate of drug-likeness (QED) is 0.881. The Morgan fingerprint density at radius 1 is 1.35 bits per heavy atom. The molecule has 2 atom stereocenters. The van der Waals surface area contributed by atoms with E-state index >= 15 is 0 Å². The van der Waals surface area contributed by atoms with Crippen LogP contribution in [0.3, 0.4) is 0 Å². The Kier molecular flexibility index (Phi) is 4.22. The molecule has 1 aromatic carbocycles. The lowest BCUT2D eigenvalue weighted by Crippen LogP contribution is -2.23. The van der Waals surface area contributed by atoms with Gasteiger partial charge in [0, 0.05) is 11.7 Å². The molecule has 0 radical (unpaired) electrons. The molecule has 1 fully saturated rings. The summed E-state index contributed by atoms with van der Waals surface area (Å²) in [4.78, 5) is 0. The van der Waals surface area contributed by atoms with Gasteiger partial charge in [-0.15, -0.1) is 0 Å². The Bertz CT molecular complexity index is 517. The van der Waals surface area contributed by atoms with Gasteiger partial charge in [0.25, 0.3) is 0 Å². The molecule has 1 saturated carbocycles. The molecule has 0 heterocycles. The van der Waals surface area contributed by atoms with Crippen LogP contribution in [0.15, 0.2) is 18.2 Å². The van der Waals surface area contributed by atoms with E-state index in [2.05, 4.69) is 12.2 Å². The standard InChI is InChI=1S/C15H17F3N2/c1-2-10-4-3-5-14(10)20-12-7-6-11(9-19)13(8-12)15(16,17)18/h6-8,10,14,20H,2-5H2,1H3. The lowest BCUT2D eigenvalue weighted by atomic mass is 10.00. The third kappa shape index (κ3) is 3.06. The number of nitrogens with one attached hydrogen (secondary N) is 1. The van der Waals surface area contributed by atoms with Crippen LogP contribution in [0.4, 0.5) is 18.9 Å². The molecule has 108 valence electrons. The summed E-state index contributed by atoms with van der Waals surface area (Å²) in [7, 11) is 0. The second-order valence-electron chi connectivity index (χ2n) is 5.22. The number of benzene rings is 1. The van der Waals surface area contributed by atoms with E-state index in [0.717, 1.165) is 31.7 Å². The van der Waals surface area contributed by atoms with Crippen LogP contribution in [0.5, 0.6) is 0 Å². The molecule has 1 N–H and O–H groups in total. The van der Waals surface area contributed by atoms with Gasteiger partial charge in [-0.1, -0.05) is 19.8 Å². The molecule has 2 unspecified atom stereocenters. The molecule has 0 spiro atoms. The molecular formula is C15H17F3N2. The average molecular weight is 282 g/mol. The Morgan fingerprint density at radius 2 is 2.10 bits per heavy atom. The SMILES string of the molecule is CCC1CCCC1Nc1ccc(C#N)c(C(F)(F)F)c1. The number of hydrogen-bond donors (Lipinski definition) is 1. The van der Waals surface area contributed by atoms with Crippen molar-refractivity contribution < 1.29 is 13.2 Å². The number of hydrogen-bond acceptors (Lipinski definition) is 2. The summed E-state index contributed by atoms with van der Waals surface area (Å²) in [6.07, 6.45) is -0.252. The smallest absolute Gasteiger partial charge is 0.382 e. The number of anilines is 1. The summed E-state index contributed by atoms with van der Waals surface area (Å²) < 4.78 is 38.7. The van der Waals surface area contributed by atoms with Crippen molar-refractivity contribution in [1.29, 1.82) is 5.26 Å². The number of nitriles is 1. The summed E-state index contributed by atoms with van der Waals surface area (Å²) in [6, 6.07) is 5.66. The van der Waals surface area contributed by atoms with E-state index in [9.17, 15) is 13.2 Å². The summed E-state index contributed by atoms with van der Waals surface area (Å²) in [6.45, 7) is 2.10. The zero-order valence-corrected chi connectivity index (χ0v) is 11.3. The Morgan fingerprint density at radius 3 is 2.70 bits per heavy atom. The monoisotopic (exact) mass is 282 g/mol. The molecule has 0 aromatic heterocycles. The number of rotatable bonds is 3. The summed E-state index contributed by atoms with van der Waals surface area (Å²) in [5, 5.41) is 12.0. The van der Waals surface area contributed by atoms with Crippen molar-refractivity contribution in [2.45, 2.75) is 44.8 Å². The van der Waals surface area contributed by atoms with Crippen LogP contribution in [-0.4, -0.2) is 6.04 Å². The molecule has 20 heavy (non-hydrogen) atoms. The molecule has 0 aliphatic heterocycles. The molecule has 1 aromatic rings. The summed E-state index contributed by atoms with van der Waals surface area (Å²) >= 11 is 0. The zero-order valence-electron chi connectivity index (χ0n) is 11.3. The van der Waals surface area contributed by atoms with Gasteiger partial charge < -0.3 is 5.32 Å². The lowest BCUT2D eigenvalue weighted by Gasteiger charge is -2.21. The van der Waals surface area contributed by atoms with Crippen molar-refractivity contribution in [3.05, 3.63) is 29.3 Å². The largest absolute Gasteiger partial charge is 0.417 e. The van der Waals surface area contributed by atoms with E-state index < -0.39 is 11.7 Å². The van der Waals surface area contributed by atoms with Gasteiger partial charge in [0.1, 0.15) is 0 Å². The average Bonchev–Trinajstić information content (AvgIpc) is 2.85. The molecule has 2 rings (SSSR count). The highest BCUT2D eigenvalue weighted by Gasteiger charge is 2.34. The van der Waals surface area contributed by atoms with E-state index in [1.54, 1.807) is 12.1 Å². The van der Waals surface area contributed by atoms with Gasteiger partial charge >= 0.3 is 6.18 Å². The Labute approximate surface area is 116 Å². The fraction of sp³-hybridized carbons (Fsp3) is 0.533. The minimum absolute atomic E-state index is 0.231. The van der Waals surface area contributed by atoms with Crippen molar-refractivity contribution in [3.63, 3.8) is 0 Å². The van der Waals surface area contributed by atoms with Crippen LogP contribution in [0, 0.1) is 17.2 Å². The highest BCUT2D eigenvalue weighted by atomic mass is 19.4. The summed E-state index contributed by atoms with van der Waals surface area (Å²) in [5.74, 6) is 0.514. The van der Waals surface area contributed by atoms with Crippen LogP contribution in [0.2, 0.25) is 0 Å². The van der Waals surface area contributed by atoms with E-state index in [1.807, 2.05) is 0 Å². The number of alkyl halides is 3. The van der Waals surface area contributed by atoms with Crippen molar-refractivity contribution in [2.24, 2.45) is 5.92 Å². The minimum Gasteiger partial charge on any atom is -0.382 e. The highest BCUT2D eigenvalue weighted by Crippen LogP contribution is 2.35. The number of nitrogens with zero attached hydrogens (tertiary/aromatic N) is 1. The maximum atomic E-state index is 12.9. The first-order valence-corrected chi connectivity index (χ1v) is 6.83. The Hall–Kier alpha value is -1.70. The van der Waals surface area contributed by atoms with Crippen LogP contribution in [0.25, 0.3) is 0 Å². The van der Waals surface area contributed by atoms with Gasteiger partial charge in [-0.05, 0) is 37.0 Å². The van der Waals surface area contributed by atoms with Crippen molar-refractivity contribution >= 4 is 5.69 Å². The van der Waals surface area contributed by atoms with Gasteiger partial charge in [0.15, 0.2) is 0 Å². The molecule has 5 heteroatoms. The van der Waals surface area contributed by atoms with E-state index in [0.29, 0.717) is 11.6 Å². The van der Waals surface area contributed by atoms with Crippen molar-refractivity contribution in [1.82, 2.24) is 0 Å². The van der Waals surface area contributed by atoms with E-state index in [-0.39, 0.29) is 11.6 Å². The van der Waals surface area contributed by atoms with Crippen LogP contribution >= 0.6 is 0 Å². The van der Waals surface area contributed by atoms with Crippen LogP contribution in [-0.2, 0) is 6.18 Å². The molecule has 1 aliphatic carbocycles. The molecule has 1 aliphatic rings. The lowest BCUT2D eigenvalue weighted by molar-refractivity contribution is -0.137. The van der Waals surface area contributed by atoms with Gasteiger partial charge in [-0.25, -0.2) is 0 Å². The molecule has 2 nitrogen and oxygen atoms in total. The van der Waals surface area contributed by atoms with Crippen molar-refractivity contribution in [3.8, 4) is 6.07 Å². The molecular weight excluding hydrogens is 265 g/mol. The first kappa shape index (κ1) is 14.7. The molecule has 0 amide bonds. The van der Waals surface area contributed by atoms with Gasteiger partial charge in [0.2, 0.25) is 0 Å². The normalized spacial score (nSPS) is 22.6. The maximum absolute atomic E-state index is 12.9. The predicted octanol–water partition coefficient (Wildman–Crippen LogP) is 4.57. The third-order valence-corrected chi connectivity index (χ3v) is 3.98. The highest BCUT2D eigenvalue weighted by molar-refractivity contribution is 5.53. The second kappa shape index (κ2) is 5.74. The second-order valence-corrected chi connectivity index (χ2v) is 5.22. The molecule has 0 saturated heterocycles. The van der Waals surface area contributed by atoms with Crippen molar-refractivity contribution in [2.75, 3.05) is 5.32 Å². The summed E-state index contributed by atoms with van der Waals surface area (Å²) in [5.41, 5.74) is -0.751. The van der Waals surface area contributed by atoms with E-state index in [1.165, 1.54) is 6.07 Å². The first-order chi connectivity index (χ1) is 9.45. The van der Waals surface area contributed by atoms with Gasteiger partial charge in [0.05, 0.1) is 17.2 Å². The fourth-order valence-electron chi connectivity index (χ4n) is 2.90. The van der Waals surface area contributed by atoms with Crippen LogP contribution in [0.1, 0.15) is 43.7 Å². The minimum atomic E-state index is -4.50. The van der Waals surface area contributed by atoms with Gasteiger partial charge in [-0.2, -0.15) is 18.4 Å².